The lowest BCUT2D eigenvalue weighted by Crippen LogP contribution is -2.58. The first-order valence-electron chi connectivity index (χ1n) is 15.9. The standard InChI is InChI=1S/C35H47N5O3/c1-6-40-32-10-9-25(26-8-7-11-36-19-26)16-29(32)31(18-35(3,4)23-41)34(40)30-17-27(20-37-33(30)24(2)42-5)39-13-12-38-14-15-43-22-28(38)21-39/h8-11,16-17,20,24,28,41H,6-7,12-15,18-19,21-23H2,1-5H3/t24-,28-/m0/s1. The van der Waals surface area contributed by atoms with Crippen LogP contribution in [0.5, 0.6) is 0 Å². The van der Waals surface area contributed by atoms with Gasteiger partial charge in [-0.25, -0.2) is 0 Å². The van der Waals surface area contributed by atoms with Crippen molar-refractivity contribution >= 4 is 28.4 Å². The molecule has 3 aliphatic rings. The third-order valence-corrected chi connectivity index (χ3v) is 9.50. The number of piperazine rings is 1. The second kappa shape index (κ2) is 12.5. The Labute approximate surface area is 256 Å². The van der Waals surface area contributed by atoms with E-state index in [1.54, 1.807) is 7.11 Å². The van der Waals surface area contributed by atoms with Crippen molar-refractivity contribution in [3.8, 4) is 11.3 Å². The van der Waals surface area contributed by atoms with Crippen LogP contribution in [0.25, 0.3) is 27.7 Å². The van der Waals surface area contributed by atoms with Crippen molar-refractivity contribution in [3.63, 3.8) is 0 Å². The van der Waals surface area contributed by atoms with E-state index >= 15 is 0 Å². The number of allylic oxidation sites excluding steroid dienone is 1. The number of aliphatic hydroxyl groups is 1. The van der Waals surface area contributed by atoms with Crippen LogP contribution in [0.4, 0.5) is 5.69 Å². The molecule has 2 atom stereocenters. The maximum atomic E-state index is 10.4. The molecule has 1 N–H and O–H groups in total. The molecule has 8 heteroatoms. The minimum absolute atomic E-state index is 0.109. The minimum atomic E-state index is -0.290. The van der Waals surface area contributed by atoms with Crippen LogP contribution < -0.4 is 4.90 Å². The summed E-state index contributed by atoms with van der Waals surface area (Å²) in [6.07, 6.45) is 7.74. The van der Waals surface area contributed by atoms with Crippen LogP contribution in [0.1, 0.15) is 57.0 Å². The first kappa shape index (κ1) is 30.0. The topological polar surface area (TPSA) is 75.4 Å². The second-order valence-corrected chi connectivity index (χ2v) is 13.0. The fraction of sp³-hybridized carbons (Fsp3) is 0.543. The van der Waals surface area contributed by atoms with E-state index in [4.69, 9.17) is 14.5 Å². The second-order valence-electron chi connectivity index (χ2n) is 13.0. The van der Waals surface area contributed by atoms with E-state index in [1.165, 1.54) is 33.3 Å². The number of rotatable bonds is 9. The van der Waals surface area contributed by atoms with Crippen LogP contribution in [0.2, 0.25) is 0 Å². The number of aromatic nitrogens is 2. The molecule has 6 rings (SSSR count). The number of morpholine rings is 1. The smallest absolute Gasteiger partial charge is 0.0969 e. The highest BCUT2D eigenvalue weighted by Gasteiger charge is 2.32. The van der Waals surface area contributed by atoms with Gasteiger partial charge in [0, 0.05) is 75.5 Å². The number of methoxy groups -OCH3 is 1. The van der Waals surface area contributed by atoms with E-state index in [9.17, 15) is 5.11 Å². The maximum Gasteiger partial charge on any atom is 0.0969 e. The van der Waals surface area contributed by atoms with Gasteiger partial charge in [0.05, 0.1) is 55.2 Å². The van der Waals surface area contributed by atoms with Crippen molar-refractivity contribution < 1.29 is 14.6 Å². The van der Waals surface area contributed by atoms with Gasteiger partial charge >= 0.3 is 0 Å². The number of fused-ring (bicyclic) bond motifs is 2. The fourth-order valence-electron chi connectivity index (χ4n) is 6.92. The Morgan fingerprint density at radius 1 is 1.19 bits per heavy atom. The number of anilines is 1. The SMILES string of the molecule is CCn1c(-c2cc(N3CCN4CCOC[C@@H]4C3)cnc2[C@H](C)OC)c(CC(C)(C)CO)c2cc(C3=CCC=NC3)ccc21. The van der Waals surface area contributed by atoms with Crippen LogP contribution in [0.3, 0.4) is 0 Å². The lowest BCUT2D eigenvalue weighted by molar-refractivity contribution is -0.0116. The molecule has 0 radical (unpaired) electrons. The number of pyridine rings is 1. The van der Waals surface area contributed by atoms with Crippen molar-refractivity contribution in [1.82, 2.24) is 14.5 Å². The number of ether oxygens (including phenoxy) is 2. The molecule has 8 nitrogen and oxygen atoms in total. The van der Waals surface area contributed by atoms with Crippen molar-refractivity contribution in [1.29, 1.82) is 0 Å². The Morgan fingerprint density at radius 2 is 2.05 bits per heavy atom. The average molecular weight is 586 g/mol. The van der Waals surface area contributed by atoms with Crippen LogP contribution in [-0.2, 0) is 22.4 Å². The number of hydrogen-bond acceptors (Lipinski definition) is 7. The largest absolute Gasteiger partial charge is 0.396 e. The summed E-state index contributed by atoms with van der Waals surface area (Å²) >= 11 is 0. The number of hydrogen-bond donors (Lipinski definition) is 1. The summed E-state index contributed by atoms with van der Waals surface area (Å²) in [4.78, 5) is 14.7. The average Bonchev–Trinajstić information content (AvgIpc) is 3.35. The van der Waals surface area contributed by atoms with Crippen LogP contribution in [-0.4, -0.2) is 91.5 Å². The summed E-state index contributed by atoms with van der Waals surface area (Å²) < 4.78 is 14.2. The molecular formula is C35H47N5O3. The normalized spacial score (nSPS) is 20.4. The minimum Gasteiger partial charge on any atom is -0.396 e. The van der Waals surface area contributed by atoms with E-state index in [0.717, 1.165) is 75.7 Å². The third-order valence-electron chi connectivity index (χ3n) is 9.50. The van der Waals surface area contributed by atoms with E-state index < -0.39 is 0 Å². The van der Waals surface area contributed by atoms with Gasteiger partial charge in [-0.2, -0.15) is 0 Å². The predicted molar refractivity (Wildman–Crippen MR) is 175 cm³/mol. The number of benzene rings is 1. The highest BCUT2D eigenvalue weighted by molar-refractivity contribution is 5.95. The molecule has 1 aromatic carbocycles. The molecule has 2 saturated heterocycles. The summed E-state index contributed by atoms with van der Waals surface area (Å²) in [5.74, 6) is 0. The van der Waals surface area contributed by atoms with E-state index in [-0.39, 0.29) is 18.1 Å². The lowest BCUT2D eigenvalue weighted by atomic mass is 9.84. The molecule has 5 heterocycles. The van der Waals surface area contributed by atoms with Gasteiger partial charge in [0.25, 0.3) is 0 Å². The first-order chi connectivity index (χ1) is 20.8. The van der Waals surface area contributed by atoms with Gasteiger partial charge in [-0.3, -0.25) is 14.9 Å². The Bertz CT molecular complexity index is 1520. The zero-order chi connectivity index (χ0) is 30.1. The summed E-state index contributed by atoms with van der Waals surface area (Å²) in [6.45, 7) is 15.8. The number of aryl methyl sites for hydroxylation is 1. The van der Waals surface area contributed by atoms with Gasteiger partial charge in [0.1, 0.15) is 0 Å². The molecule has 0 bridgehead atoms. The van der Waals surface area contributed by atoms with Crippen molar-refractivity contribution in [2.75, 3.05) is 64.6 Å². The molecule has 2 fully saturated rings. The van der Waals surface area contributed by atoms with E-state index in [2.05, 4.69) is 77.4 Å². The molecule has 3 aliphatic heterocycles. The van der Waals surface area contributed by atoms with Gasteiger partial charge in [-0.05, 0) is 60.6 Å². The van der Waals surface area contributed by atoms with Crippen LogP contribution in [0.15, 0.2) is 41.5 Å². The Morgan fingerprint density at radius 3 is 2.79 bits per heavy atom. The molecule has 0 unspecified atom stereocenters. The zero-order valence-corrected chi connectivity index (χ0v) is 26.5. The lowest BCUT2D eigenvalue weighted by Gasteiger charge is -2.44. The fourth-order valence-corrected chi connectivity index (χ4v) is 6.92. The van der Waals surface area contributed by atoms with Gasteiger partial charge < -0.3 is 24.0 Å². The zero-order valence-electron chi connectivity index (χ0n) is 26.5. The van der Waals surface area contributed by atoms with E-state index in [0.29, 0.717) is 12.6 Å². The van der Waals surface area contributed by atoms with Gasteiger partial charge in [-0.15, -0.1) is 0 Å². The molecule has 3 aromatic rings. The highest BCUT2D eigenvalue weighted by atomic mass is 16.5. The Kier molecular flexibility index (Phi) is 8.74. The van der Waals surface area contributed by atoms with E-state index in [1.807, 2.05) is 12.4 Å². The summed E-state index contributed by atoms with van der Waals surface area (Å²) in [7, 11) is 1.75. The number of dihydropyridines is 1. The van der Waals surface area contributed by atoms with Crippen LogP contribution in [0, 0.1) is 5.41 Å². The predicted octanol–water partition coefficient (Wildman–Crippen LogP) is 5.37. The molecule has 0 saturated carbocycles. The molecule has 0 spiro atoms. The molecule has 43 heavy (non-hydrogen) atoms. The quantitative estimate of drug-likeness (QED) is 0.364. The number of aliphatic imine (C=N–C) groups is 1. The Balaban J connectivity index is 1.54. The Hall–Kier alpha value is -3.04. The van der Waals surface area contributed by atoms with Crippen LogP contribution >= 0.6 is 0 Å². The highest BCUT2D eigenvalue weighted by Crippen LogP contribution is 2.42. The van der Waals surface area contributed by atoms with Crippen molar-refractivity contribution in [2.24, 2.45) is 10.4 Å². The summed E-state index contributed by atoms with van der Waals surface area (Å²) in [6, 6.07) is 9.60. The molecule has 2 aromatic heterocycles. The monoisotopic (exact) mass is 585 g/mol. The first-order valence-corrected chi connectivity index (χ1v) is 15.9. The van der Waals surface area contributed by atoms with Gasteiger partial charge in [-0.1, -0.05) is 26.0 Å². The number of aliphatic hydroxyl groups excluding tert-OH is 1. The van der Waals surface area contributed by atoms with Gasteiger partial charge in [0.15, 0.2) is 0 Å². The molecule has 0 aliphatic carbocycles. The van der Waals surface area contributed by atoms with Crippen molar-refractivity contribution in [2.45, 2.75) is 59.2 Å². The maximum absolute atomic E-state index is 10.4. The van der Waals surface area contributed by atoms with Gasteiger partial charge in [0.2, 0.25) is 0 Å². The summed E-state index contributed by atoms with van der Waals surface area (Å²) in [5, 5.41) is 11.7. The molecule has 0 amide bonds. The van der Waals surface area contributed by atoms with Crippen molar-refractivity contribution in [3.05, 3.63) is 53.4 Å². The molecular weight excluding hydrogens is 538 g/mol. The summed E-state index contributed by atoms with van der Waals surface area (Å²) in [5.41, 5.74) is 9.03. The third kappa shape index (κ3) is 5.90. The number of nitrogens with zero attached hydrogens (tertiary/aromatic N) is 5. The molecule has 230 valence electrons.